The van der Waals surface area contributed by atoms with E-state index >= 15 is 0 Å². The first kappa shape index (κ1) is 17.6. The molecular formula is C17H14N4O4. The Labute approximate surface area is 143 Å². The summed E-state index contributed by atoms with van der Waals surface area (Å²) in [5.41, 5.74) is 6.34. The highest BCUT2D eigenvalue weighted by molar-refractivity contribution is 5.97. The molecule has 2 amide bonds. The fourth-order valence-corrected chi connectivity index (χ4v) is 2.18. The van der Waals surface area contributed by atoms with E-state index in [9.17, 15) is 19.7 Å². The highest BCUT2D eigenvalue weighted by Crippen LogP contribution is 2.13. The van der Waals surface area contributed by atoms with Crippen LogP contribution in [0, 0.1) is 21.4 Å². The van der Waals surface area contributed by atoms with Crippen LogP contribution in [-0.4, -0.2) is 22.8 Å². The van der Waals surface area contributed by atoms with E-state index in [4.69, 9.17) is 11.0 Å². The molecule has 0 aromatic heterocycles. The van der Waals surface area contributed by atoms with Gasteiger partial charge in [-0.15, -0.1) is 0 Å². The average Bonchev–Trinajstić information content (AvgIpc) is 2.61. The number of non-ortho nitro benzene ring substituents is 1. The number of nitrogens with zero attached hydrogens (tertiary/aromatic N) is 2. The van der Waals surface area contributed by atoms with Gasteiger partial charge in [-0.05, 0) is 23.8 Å². The Kier molecular flexibility index (Phi) is 5.43. The molecule has 126 valence electrons. The zero-order chi connectivity index (χ0) is 18.4. The second-order valence-electron chi connectivity index (χ2n) is 5.25. The van der Waals surface area contributed by atoms with Crippen LogP contribution in [0.3, 0.4) is 0 Å². The molecule has 0 radical (unpaired) electrons. The van der Waals surface area contributed by atoms with Gasteiger partial charge in [0.05, 0.1) is 16.6 Å². The zero-order valence-electron chi connectivity index (χ0n) is 13.0. The van der Waals surface area contributed by atoms with Crippen LogP contribution >= 0.6 is 0 Å². The van der Waals surface area contributed by atoms with Crippen molar-refractivity contribution in [2.75, 3.05) is 0 Å². The Balaban J connectivity index is 2.14. The van der Waals surface area contributed by atoms with E-state index in [1.807, 2.05) is 6.07 Å². The molecular weight excluding hydrogens is 324 g/mol. The van der Waals surface area contributed by atoms with Crippen LogP contribution in [0.5, 0.6) is 0 Å². The lowest BCUT2D eigenvalue weighted by atomic mass is 10.0. The van der Waals surface area contributed by atoms with Crippen LogP contribution in [0.1, 0.15) is 21.5 Å². The minimum atomic E-state index is -0.986. The number of carbonyl (C=O) groups excluding carboxylic acids is 2. The maximum atomic E-state index is 12.2. The van der Waals surface area contributed by atoms with Crippen LogP contribution in [0.25, 0.3) is 0 Å². The van der Waals surface area contributed by atoms with Gasteiger partial charge >= 0.3 is 0 Å². The van der Waals surface area contributed by atoms with E-state index < -0.39 is 22.8 Å². The van der Waals surface area contributed by atoms with E-state index in [2.05, 4.69) is 5.32 Å². The third kappa shape index (κ3) is 4.62. The number of rotatable bonds is 6. The molecule has 3 N–H and O–H groups in total. The molecule has 2 rings (SSSR count). The second kappa shape index (κ2) is 7.70. The summed E-state index contributed by atoms with van der Waals surface area (Å²) >= 11 is 0. The van der Waals surface area contributed by atoms with E-state index in [-0.39, 0.29) is 17.7 Å². The molecule has 0 fully saturated rings. The summed E-state index contributed by atoms with van der Waals surface area (Å²) < 4.78 is 0. The van der Waals surface area contributed by atoms with Gasteiger partial charge in [-0.3, -0.25) is 19.7 Å². The molecule has 0 saturated heterocycles. The zero-order valence-corrected chi connectivity index (χ0v) is 13.0. The van der Waals surface area contributed by atoms with Gasteiger partial charge < -0.3 is 11.1 Å². The second-order valence-corrected chi connectivity index (χ2v) is 5.25. The molecule has 0 aliphatic heterocycles. The highest BCUT2D eigenvalue weighted by atomic mass is 16.6. The highest BCUT2D eigenvalue weighted by Gasteiger charge is 2.20. The van der Waals surface area contributed by atoms with Crippen molar-refractivity contribution in [2.45, 2.75) is 12.5 Å². The average molecular weight is 338 g/mol. The Morgan fingerprint density at radius 1 is 1.24 bits per heavy atom. The van der Waals surface area contributed by atoms with E-state index in [0.717, 1.165) is 6.07 Å². The number of nitriles is 1. The lowest BCUT2D eigenvalue weighted by Crippen LogP contribution is -2.45. The number of primary amides is 1. The fraction of sp³-hybridized carbons (Fsp3) is 0.118. The van der Waals surface area contributed by atoms with Crippen molar-refractivity contribution in [1.82, 2.24) is 5.32 Å². The fourth-order valence-electron chi connectivity index (χ4n) is 2.18. The van der Waals surface area contributed by atoms with Gasteiger partial charge in [-0.2, -0.15) is 5.26 Å². The topological polar surface area (TPSA) is 139 Å². The normalized spacial score (nSPS) is 11.2. The SMILES string of the molecule is N#Cc1ccc(C[C@@H](NC(=O)c2cccc([N+](=O)[O-])c2)C(N)=O)cc1. The summed E-state index contributed by atoms with van der Waals surface area (Å²) in [4.78, 5) is 34.0. The van der Waals surface area contributed by atoms with E-state index in [1.165, 1.54) is 18.2 Å². The third-order valence-corrected chi connectivity index (χ3v) is 3.49. The number of carbonyl (C=O) groups is 2. The number of hydrogen-bond donors (Lipinski definition) is 2. The predicted molar refractivity (Wildman–Crippen MR) is 88.4 cm³/mol. The lowest BCUT2D eigenvalue weighted by Gasteiger charge is -2.15. The lowest BCUT2D eigenvalue weighted by molar-refractivity contribution is -0.384. The van der Waals surface area contributed by atoms with Crippen molar-refractivity contribution in [2.24, 2.45) is 5.73 Å². The van der Waals surface area contributed by atoms with Crippen LogP contribution < -0.4 is 11.1 Å². The van der Waals surface area contributed by atoms with Crippen LogP contribution in [0.15, 0.2) is 48.5 Å². The first-order chi connectivity index (χ1) is 11.9. The van der Waals surface area contributed by atoms with Crippen molar-refractivity contribution in [1.29, 1.82) is 5.26 Å². The largest absolute Gasteiger partial charge is 0.368 e. The van der Waals surface area contributed by atoms with E-state index in [1.54, 1.807) is 24.3 Å². The number of nitrogens with two attached hydrogens (primary N) is 1. The predicted octanol–water partition coefficient (Wildman–Crippen LogP) is 1.29. The van der Waals surface area contributed by atoms with Gasteiger partial charge in [0.25, 0.3) is 11.6 Å². The van der Waals surface area contributed by atoms with Gasteiger partial charge in [0.2, 0.25) is 5.91 Å². The van der Waals surface area contributed by atoms with Crippen molar-refractivity contribution in [3.05, 3.63) is 75.3 Å². The monoisotopic (exact) mass is 338 g/mol. The summed E-state index contributed by atoms with van der Waals surface area (Å²) in [5.74, 6) is -1.37. The minimum Gasteiger partial charge on any atom is -0.368 e. The molecule has 0 unspecified atom stereocenters. The van der Waals surface area contributed by atoms with Gasteiger partial charge in [-0.1, -0.05) is 18.2 Å². The number of amides is 2. The summed E-state index contributed by atoms with van der Waals surface area (Å²) in [6, 6.07) is 12.7. The summed E-state index contributed by atoms with van der Waals surface area (Å²) in [6.45, 7) is 0. The molecule has 0 aliphatic carbocycles. The van der Waals surface area contributed by atoms with Crippen molar-refractivity contribution in [3.8, 4) is 6.07 Å². The van der Waals surface area contributed by atoms with Crippen molar-refractivity contribution < 1.29 is 14.5 Å². The van der Waals surface area contributed by atoms with E-state index in [0.29, 0.717) is 11.1 Å². The number of nitrogens with one attached hydrogen (secondary N) is 1. The molecule has 8 heteroatoms. The molecule has 0 bridgehead atoms. The molecule has 0 spiro atoms. The van der Waals surface area contributed by atoms with Crippen molar-refractivity contribution in [3.63, 3.8) is 0 Å². The van der Waals surface area contributed by atoms with Gasteiger partial charge in [0.15, 0.2) is 0 Å². The maximum Gasteiger partial charge on any atom is 0.270 e. The van der Waals surface area contributed by atoms with Crippen LogP contribution in [0.4, 0.5) is 5.69 Å². The standard InChI is InChI=1S/C17H14N4O4/c18-10-12-6-4-11(5-7-12)8-15(16(19)22)20-17(23)13-2-1-3-14(9-13)21(24)25/h1-7,9,15H,8H2,(H2,19,22)(H,20,23)/t15-/m1/s1. The van der Waals surface area contributed by atoms with Crippen LogP contribution in [-0.2, 0) is 11.2 Å². The molecule has 0 saturated carbocycles. The van der Waals surface area contributed by atoms with Gasteiger partial charge in [0.1, 0.15) is 6.04 Å². The summed E-state index contributed by atoms with van der Waals surface area (Å²) in [7, 11) is 0. The Hall–Kier alpha value is -3.73. The number of hydrogen-bond acceptors (Lipinski definition) is 5. The van der Waals surface area contributed by atoms with Gasteiger partial charge in [0, 0.05) is 24.1 Å². The number of nitro groups is 1. The van der Waals surface area contributed by atoms with Crippen LogP contribution in [0.2, 0.25) is 0 Å². The Morgan fingerprint density at radius 2 is 1.92 bits per heavy atom. The summed E-state index contributed by atoms with van der Waals surface area (Å²) in [6.07, 6.45) is 0.141. The molecule has 0 aliphatic rings. The first-order valence-corrected chi connectivity index (χ1v) is 7.24. The number of benzene rings is 2. The summed E-state index contributed by atoms with van der Waals surface area (Å²) in [5, 5.41) is 22.0. The smallest absolute Gasteiger partial charge is 0.270 e. The molecule has 2 aromatic rings. The molecule has 1 atom stereocenters. The minimum absolute atomic E-state index is 0.0558. The first-order valence-electron chi connectivity index (χ1n) is 7.24. The third-order valence-electron chi connectivity index (χ3n) is 3.49. The Bertz CT molecular complexity index is 856. The van der Waals surface area contributed by atoms with Gasteiger partial charge in [-0.25, -0.2) is 0 Å². The molecule has 0 heterocycles. The Morgan fingerprint density at radius 3 is 2.48 bits per heavy atom. The maximum absolute atomic E-state index is 12.2. The number of nitro benzene ring substituents is 1. The molecule has 2 aromatic carbocycles. The molecule has 8 nitrogen and oxygen atoms in total. The van der Waals surface area contributed by atoms with Crippen molar-refractivity contribution >= 4 is 17.5 Å². The molecule has 25 heavy (non-hydrogen) atoms. The quantitative estimate of drug-likeness (QED) is 0.603.